The predicted octanol–water partition coefficient (Wildman–Crippen LogP) is 2.86. The molecular formula is C15H22O3Si. The summed E-state index contributed by atoms with van der Waals surface area (Å²) < 4.78 is 16.5. The van der Waals surface area contributed by atoms with E-state index < -0.39 is 0 Å². The highest BCUT2D eigenvalue weighted by Crippen LogP contribution is 2.07. The van der Waals surface area contributed by atoms with Crippen molar-refractivity contribution in [2.45, 2.75) is 26.2 Å². The van der Waals surface area contributed by atoms with Gasteiger partial charge in [-0.05, 0) is 31.4 Å². The van der Waals surface area contributed by atoms with Crippen molar-refractivity contribution in [1.82, 2.24) is 0 Å². The monoisotopic (exact) mass is 278 g/mol. The van der Waals surface area contributed by atoms with E-state index in [0.717, 1.165) is 12.0 Å². The van der Waals surface area contributed by atoms with E-state index >= 15 is 0 Å². The minimum atomic E-state index is -0.227. The molecule has 3 nitrogen and oxygen atoms in total. The molecule has 0 atom stereocenters. The Morgan fingerprint density at radius 1 is 1.26 bits per heavy atom. The van der Waals surface area contributed by atoms with Crippen LogP contribution in [0, 0.1) is 0 Å². The van der Waals surface area contributed by atoms with E-state index in [1.54, 1.807) is 0 Å². The first kappa shape index (κ1) is 16.1. The maximum Gasteiger partial charge on any atom is 0.299 e. The summed E-state index contributed by atoms with van der Waals surface area (Å²) in [6.45, 7) is 9.64. The molecule has 0 aliphatic carbocycles. The first-order chi connectivity index (χ1) is 9.30. The molecule has 0 unspecified atom stereocenters. The van der Waals surface area contributed by atoms with E-state index in [9.17, 15) is 0 Å². The highest BCUT2D eigenvalue weighted by Gasteiger charge is 2.10. The zero-order chi connectivity index (χ0) is 13.9. The molecule has 1 aromatic rings. The zero-order valence-electron chi connectivity index (χ0n) is 11.7. The fourth-order valence-corrected chi connectivity index (χ4v) is 2.42. The van der Waals surface area contributed by atoms with Gasteiger partial charge >= 0.3 is 0 Å². The number of ether oxygens (including phenoxy) is 2. The fourth-order valence-electron chi connectivity index (χ4n) is 1.59. The lowest BCUT2D eigenvalue weighted by Crippen LogP contribution is -2.27. The van der Waals surface area contributed by atoms with E-state index in [0.29, 0.717) is 19.8 Å². The first-order valence-electron chi connectivity index (χ1n) is 6.62. The Bertz CT molecular complexity index is 362. The van der Waals surface area contributed by atoms with Crippen molar-refractivity contribution in [3.8, 4) is 0 Å². The largest absolute Gasteiger partial charge is 0.412 e. The second-order valence-electron chi connectivity index (χ2n) is 3.91. The third-order valence-electron chi connectivity index (χ3n) is 2.50. The Hall–Kier alpha value is -0.943. The second kappa shape index (κ2) is 9.92. The van der Waals surface area contributed by atoms with Crippen LogP contribution in [0.15, 0.2) is 30.8 Å². The third kappa shape index (κ3) is 6.68. The molecule has 19 heavy (non-hydrogen) atoms. The molecular weight excluding hydrogens is 256 g/mol. The average molecular weight is 278 g/mol. The molecule has 0 N–H and O–H groups in total. The maximum atomic E-state index is 5.63. The molecule has 104 valence electrons. The van der Waals surface area contributed by atoms with Gasteiger partial charge in [0, 0.05) is 19.8 Å². The predicted molar refractivity (Wildman–Crippen MR) is 79.0 cm³/mol. The Kier molecular flexibility index (Phi) is 8.41. The van der Waals surface area contributed by atoms with Crippen molar-refractivity contribution in [2.75, 3.05) is 19.8 Å². The van der Waals surface area contributed by atoms with Crippen LogP contribution in [0.3, 0.4) is 0 Å². The smallest absolute Gasteiger partial charge is 0.299 e. The van der Waals surface area contributed by atoms with Gasteiger partial charge in [-0.1, -0.05) is 36.9 Å². The summed E-state index contributed by atoms with van der Waals surface area (Å²) in [5.41, 5.74) is 2.40. The van der Waals surface area contributed by atoms with Crippen molar-refractivity contribution in [1.29, 1.82) is 0 Å². The normalized spacial score (nSPS) is 10.9. The van der Waals surface area contributed by atoms with Gasteiger partial charge in [0.15, 0.2) is 5.91 Å². The number of rotatable bonds is 10. The van der Waals surface area contributed by atoms with Crippen LogP contribution in [0.2, 0.25) is 0 Å². The molecule has 1 rings (SSSR count). The van der Waals surface area contributed by atoms with E-state index in [2.05, 4.69) is 18.7 Å². The summed E-state index contributed by atoms with van der Waals surface area (Å²) in [5, 5.41) is 0. The van der Waals surface area contributed by atoms with Crippen LogP contribution in [-0.4, -0.2) is 35.5 Å². The molecule has 0 bridgehead atoms. The molecule has 0 heterocycles. The van der Waals surface area contributed by atoms with Gasteiger partial charge in [-0.25, -0.2) is 0 Å². The van der Waals surface area contributed by atoms with Crippen LogP contribution in [-0.2, 0) is 20.3 Å². The molecule has 0 fully saturated rings. The van der Waals surface area contributed by atoms with Gasteiger partial charge in [0.05, 0.1) is 0 Å². The van der Waals surface area contributed by atoms with Crippen molar-refractivity contribution < 1.29 is 13.9 Å². The van der Waals surface area contributed by atoms with Gasteiger partial charge in [-0.3, -0.25) is 0 Å². The molecule has 0 saturated heterocycles. The maximum absolute atomic E-state index is 5.63. The highest BCUT2D eigenvalue weighted by atomic mass is 28.2. The summed E-state index contributed by atoms with van der Waals surface area (Å²) in [7, 11) is 0.222. The summed E-state index contributed by atoms with van der Waals surface area (Å²) in [5.74, 6) is -0.227. The Balaban J connectivity index is 2.26. The Morgan fingerprint density at radius 3 is 2.63 bits per heavy atom. The summed E-state index contributed by atoms with van der Waals surface area (Å²) in [6, 6.07) is 8.31. The standard InChI is InChI=1S/C15H22O3Si/c1-4-13-8-7-9-14(12-13)10-11-18-19-15(16-5-2)17-6-3/h4,7-9,12,15H,1,5-6,10-11H2,2-3H3. The fraction of sp³-hybridized carbons (Fsp3) is 0.467. The molecule has 0 aliphatic rings. The third-order valence-corrected chi connectivity index (χ3v) is 3.39. The van der Waals surface area contributed by atoms with Crippen LogP contribution in [0.4, 0.5) is 0 Å². The van der Waals surface area contributed by atoms with Crippen LogP contribution in [0.25, 0.3) is 6.08 Å². The van der Waals surface area contributed by atoms with E-state index in [1.165, 1.54) is 5.56 Å². The topological polar surface area (TPSA) is 27.7 Å². The lowest BCUT2D eigenvalue weighted by atomic mass is 10.1. The van der Waals surface area contributed by atoms with E-state index in [-0.39, 0.29) is 15.7 Å². The lowest BCUT2D eigenvalue weighted by Gasteiger charge is -2.15. The Morgan fingerprint density at radius 2 is 2.00 bits per heavy atom. The second-order valence-corrected chi connectivity index (χ2v) is 4.90. The summed E-state index contributed by atoms with van der Waals surface area (Å²) in [4.78, 5) is 0. The average Bonchev–Trinajstić information content (AvgIpc) is 2.44. The van der Waals surface area contributed by atoms with Gasteiger partial charge in [0.2, 0.25) is 0 Å². The van der Waals surface area contributed by atoms with Gasteiger partial charge < -0.3 is 13.9 Å². The molecule has 0 saturated carbocycles. The molecule has 1 aromatic carbocycles. The van der Waals surface area contributed by atoms with Crippen LogP contribution in [0.1, 0.15) is 25.0 Å². The summed E-state index contributed by atoms with van der Waals surface area (Å²) in [6.07, 6.45) is 2.74. The number of benzene rings is 1. The SMILES string of the molecule is C=Cc1cccc(CCO[Si]C(OCC)OCC)c1. The van der Waals surface area contributed by atoms with Crippen molar-refractivity contribution >= 4 is 15.8 Å². The van der Waals surface area contributed by atoms with Gasteiger partial charge in [-0.15, -0.1) is 0 Å². The molecule has 4 heteroatoms. The van der Waals surface area contributed by atoms with Crippen molar-refractivity contribution in [3.05, 3.63) is 42.0 Å². The van der Waals surface area contributed by atoms with Crippen LogP contribution < -0.4 is 0 Å². The van der Waals surface area contributed by atoms with Gasteiger partial charge in [0.25, 0.3) is 9.76 Å². The van der Waals surface area contributed by atoms with Crippen LogP contribution >= 0.6 is 0 Å². The van der Waals surface area contributed by atoms with Crippen molar-refractivity contribution in [2.24, 2.45) is 0 Å². The number of hydrogen-bond donors (Lipinski definition) is 0. The van der Waals surface area contributed by atoms with Crippen LogP contribution in [0.5, 0.6) is 0 Å². The Labute approximate surface area is 118 Å². The van der Waals surface area contributed by atoms with E-state index in [4.69, 9.17) is 13.9 Å². The lowest BCUT2D eigenvalue weighted by molar-refractivity contribution is -0.0898. The molecule has 0 amide bonds. The highest BCUT2D eigenvalue weighted by molar-refractivity contribution is 6.28. The molecule has 2 radical (unpaired) electrons. The first-order valence-corrected chi connectivity index (χ1v) is 7.60. The summed E-state index contributed by atoms with van der Waals surface area (Å²) >= 11 is 0. The number of hydrogen-bond acceptors (Lipinski definition) is 3. The zero-order valence-corrected chi connectivity index (χ0v) is 12.7. The quantitative estimate of drug-likeness (QED) is 0.374. The van der Waals surface area contributed by atoms with Crippen molar-refractivity contribution in [3.63, 3.8) is 0 Å². The minimum Gasteiger partial charge on any atom is -0.412 e. The van der Waals surface area contributed by atoms with E-state index in [1.807, 2.05) is 32.1 Å². The minimum absolute atomic E-state index is 0.222. The van der Waals surface area contributed by atoms with Gasteiger partial charge in [-0.2, -0.15) is 0 Å². The molecule has 0 aliphatic heterocycles. The molecule has 0 aromatic heterocycles. The van der Waals surface area contributed by atoms with Gasteiger partial charge in [0.1, 0.15) is 0 Å². The molecule has 0 spiro atoms.